The van der Waals surface area contributed by atoms with E-state index >= 15 is 0 Å². The molecule has 0 unspecified atom stereocenters. The molecule has 0 N–H and O–H groups in total. The second kappa shape index (κ2) is 25.3. The van der Waals surface area contributed by atoms with Crippen LogP contribution in [0.1, 0.15) is 120 Å². The van der Waals surface area contributed by atoms with Crippen molar-refractivity contribution in [2.24, 2.45) is 11.8 Å². The third-order valence-corrected chi connectivity index (χ3v) is 20.9. The zero-order chi connectivity index (χ0) is 39.8. The van der Waals surface area contributed by atoms with Gasteiger partial charge in [0, 0.05) is 36.1 Å². The summed E-state index contributed by atoms with van der Waals surface area (Å²) in [7, 11) is -3.08. The predicted octanol–water partition coefficient (Wildman–Crippen LogP) is 9.83. The zero-order valence-corrected chi connectivity index (χ0v) is 43.7. The van der Waals surface area contributed by atoms with E-state index in [-0.39, 0.29) is 29.6 Å². The Morgan fingerprint density at radius 2 is 1.09 bits per heavy atom. The van der Waals surface area contributed by atoms with Crippen molar-refractivity contribution in [2.75, 3.05) is 31.2 Å². The van der Waals surface area contributed by atoms with Gasteiger partial charge in [0.1, 0.15) is 10.3 Å². The number of piperidine rings is 1. The van der Waals surface area contributed by atoms with Crippen molar-refractivity contribution in [3.63, 3.8) is 0 Å². The minimum absolute atomic E-state index is 0. The Bertz CT molecular complexity index is 1210. The summed E-state index contributed by atoms with van der Waals surface area (Å²) >= 11 is 13.5. The van der Waals surface area contributed by atoms with Crippen LogP contribution in [0, 0.1) is 15.4 Å². The van der Waals surface area contributed by atoms with Crippen molar-refractivity contribution >= 4 is 68.1 Å². The van der Waals surface area contributed by atoms with Gasteiger partial charge in [0.25, 0.3) is 0 Å². The molecule has 53 heavy (non-hydrogen) atoms. The minimum Gasteiger partial charge on any atom is -0.850 e. The number of nitrogens with zero attached hydrogens (tertiary/aromatic N) is 3. The molecule has 0 amide bonds. The number of pyridine rings is 2. The van der Waals surface area contributed by atoms with Crippen molar-refractivity contribution < 1.29 is 43.5 Å². The van der Waals surface area contributed by atoms with E-state index in [0.717, 1.165) is 41.7 Å². The molecular weight excluding hydrogens is 859 g/mol. The number of anilines is 1. The Morgan fingerprint density at radius 3 is 1.43 bits per heavy atom. The monoisotopic (exact) mass is 931 g/mol. The molecule has 4 rings (SSSR count). The molecular formula is C41H73Cl2IN3NaO3Si2. The predicted molar refractivity (Wildman–Crippen MR) is 238 cm³/mol. The maximum absolute atomic E-state index is 10.1. The second-order valence-electron chi connectivity index (χ2n) is 18.5. The van der Waals surface area contributed by atoms with Gasteiger partial charge in [-0.05, 0) is 121 Å². The van der Waals surface area contributed by atoms with E-state index in [1.165, 1.54) is 63.5 Å². The number of hydrogen-bond donors (Lipinski definition) is 0. The molecule has 1 aliphatic heterocycles. The topological polar surface area (TPSA) is 70.5 Å². The van der Waals surface area contributed by atoms with Gasteiger partial charge in [0.15, 0.2) is 16.6 Å². The van der Waals surface area contributed by atoms with E-state index in [1.54, 1.807) is 33.0 Å². The largest absolute Gasteiger partial charge is 1.00 e. The molecule has 2 aliphatic rings. The number of aromatic nitrogens is 2. The second-order valence-corrected chi connectivity index (χ2v) is 30.1. The normalized spacial score (nSPS) is 16.2. The summed E-state index contributed by atoms with van der Waals surface area (Å²) in [5.74, 6) is 1.75. The molecule has 2 aromatic rings. The van der Waals surface area contributed by atoms with Crippen LogP contribution in [0.2, 0.25) is 46.6 Å². The van der Waals surface area contributed by atoms with Crippen LogP contribution >= 0.6 is 45.8 Å². The van der Waals surface area contributed by atoms with Gasteiger partial charge in [-0.3, -0.25) is 0 Å². The zero-order valence-electron chi connectivity index (χ0n) is 36.0. The molecule has 1 aliphatic carbocycles. The van der Waals surface area contributed by atoms with Crippen LogP contribution in [0.5, 0.6) is 0 Å². The van der Waals surface area contributed by atoms with Crippen molar-refractivity contribution in [1.29, 1.82) is 0 Å². The maximum atomic E-state index is 10.1. The van der Waals surface area contributed by atoms with Gasteiger partial charge in [-0.2, -0.15) is 0 Å². The molecule has 1 saturated carbocycles. The fourth-order valence-corrected chi connectivity index (χ4v) is 7.93. The molecule has 12 heteroatoms. The number of hydrogen-bond acceptors (Lipinski definition) is 6. The first-order chi connectivity index (χ1) is 23.8. The number of halogens is 3. The van der Waals surface area contributed by atoms with Crippen LogP contribution in [0.3, 0.4) is 0 Å². The first-order valence-electron chi connectivity index (χ1n) is 19.4. The van der Waals surface area contributed by atoms with Crippen LogP contribution in [-0.4, -0.2) is 58.5 Å². The summed E-state index contributed by atoms with van der Waals surface area (Å²) in [6.07, 6.45) is 15.8. The summed E-state index contributed by atoms with van der Waals surface area (Å²) in [5.41, 5.74) is 0.436. The van der Waals surface area contributed by atoms with Crippen molar-refractivity contribution in [3.8, 4) is 0 Å². The van der Waals surface area contributed by atoms with Gasteiger partial charge in [0.2, 0.25) is 0 Å². The molecule has 0 bridgehead atoms. The Kier molecular flexibility index (Phi) is 25.6. The summed E-state index contributed by atoms with van der Waals surface area (Å²) in [4.78, 5) is 10.4. The SMILES string of the molecule is CC(C)(C)[O-].CC(C)(C)[Si](C)(C)OCCC1CCCCC1.CC(C)(C)[Si](C)(C)OCCC1CCN(c2ccc(Cl)nc2)CC1.Clc1ccc(I)cn1.[Na+]. The fraction of sp³-hybridized carbons (Fsp3) is 0.756. The van der Waals surface area contributed by atoms with Crippen LogP contribution in [0.4, 0.5) is 5.69 Å². The van der Waals surface area contributed by atoms with Crippen LogP contribution in [-0.2, 0) is 8.85 Å². The van der Waals surface area contributed by atoms with E-state index in [0.29, 0.717) is 20.4 Å². The minimum atomic E-state index is -1.59. The molecule has 0 spiro atoms. The Hall–Kier alpha value is 0.724. The Labute approximate surface area is 373 Å². The van der Waals surface area contributed by atoms with Gasteiger partial charge >= 0.3 is 29.6 Å². The third kappa shape index (κ3) is 24.3. The average molecular weight is 933 g/mol. The van der Waals surface area contributed by atoms with E-state index in [9.17, 15) is 5.11 Å². The van der Waals surface area contributed by atoms with Gasteiger partial charge in [-0.15, -0.1) is 5.60 Å². The Morgan fingerprint density at radius 1 is 0.698 bits per heavy atom. The van der Waals surface area contributed by atoms with Gasteiger partial charge < -0.3 is 18.9 Å². The molecule has 0 atom stereocenters. The van der Waals surface area contributed by atoms with Gasteiger partial charge in [0.05, 0.1) is 11.9 Å². The fourth-order valence-electron chi connectivity index (χ4n) is 5.26. The molecule has 6 nitrogen and oxygen atoms in total. The first kappa shape index (κ1) is 53.7. The van der Waals surface area contributed by atoms with Crippen molar-refractivity contribution in [3.05, 3.63) is 50.5 Å². The summed E-state index contributed by atoms with van der Waals surface area (Å²) in [6, 6.07) is 7.62. The molecule has 2 fully saturated rings. The van der Waals surface area contributed by atoms with Gasteiger partial charge in [-0.25, -0.2) is 9.97 Å². The standard InChI is InChI=1S/C18H31ClN2OSi.C14H30OSi.C5H3ClIN.C4H9O.Na/c1-18(2,3)23(4,5)22-13-10-15-8-11-21(12-9-15)16-6-7-17(19)20-14-16;1-14(2,3)16(4,5)15-12-11-13-9-7-6-8-10-13;6-5-2-1-4(7)3-8-5;1-4(2,3)5;/h6-7,14-15H,8-13H2,1-5H3;13H,6-12H2,1-5H3;1-3H;1-3H3;/q;;;-1;+1. The molecule has 0 aromatic carbocycles. The van der Waals surface area contributed by atoms with E-state index < -0.39 is 22.2 Å². The summed E-state index contributed by atoms with van der Waals surface area (Å²) in [5, 5.41) is 11.9. The quantitative estimate of drug-likeness (QED) is 0.142. The van der Waals surface area contributed by atoms with E-state index in [4.69, 9.17) is 32.1 Å². The Balaban J connectivity index is 0.000000777. The van der Waals surface area contributed by atoms with Crippen LogP contribution < -0.4 is 39.6 Å². The number of rotatable bonds is 9. The molecule has 3 heterocycles. The van der Waals surface area contributed by atoms with Crippen LogP contribution in [0.15, 0.2) is 36.7 Å². The average Bonchev–Trinajstić information content (AvgIpc) is 3.02. The van der Waals surface area contributed by atoms with Crippen molar-refractivity contribution in [1.82, 2.24) is 9.97 Å². The summed E-state index contributed by atoms with van der Waals surface area (Å²) < 4.78 is 13.7. The van der Waals surface area contributed by atoms with E-state index in [1.807, 2.05) is 18.3 Å². The third-order valence-electron chi connectivity index (χ3n) is 10.7. The molecule has 0 radical (unpaired) electrons. The molecule has 1 saturated heterocycles. The molecule has 300 valence electrons. The van der Waals surface area contributed by atoms with Gasteiger partial charge in [-0.1, -0.05) is 118 Å². The maximum Gasteiger partial charge on any atom is 1.00 e. The van der Waals surface area contributed by atoms with E-state index in [2.05, 4.69) is 111 Å². The molecule has 2 aromatic heterocycles. The summed E-state index contributed by atoms with van der Waals surface area (Å²) in [6.45, 7) is 32.3. The first-order valence-corrected chi connectivity index (χ1v) is 27.1. The van der Waals surface area contributed by atoms with Crippen LogP contribution in [0.25, 0.3) is 0 Å². The smallest absolute Gasteiger partial charge is 0.850 e. The van der Waals surface area contributed by atoms with Crippen molar-refractivity contribution in [2.45, 2.75) is 162 Å².